The molecule has 1 aromatic carbocycles. The number of fused-ring (bicyclic) bond motifs is 1. The number of amides is 1. The molecule has 0 spiro atoms. The fraction of sp³-hybridized carbons (Fsp3) is 0.176. The monoisotopic (exact) mass is 374 g/mol. The highest BCUT2D eigenvalue weighted by atomic mass is 79.9. The molecule has 3 rings (SSSR count). The van der Waals surface area contributed by atoms with Crippen LogP contribution < -0.4 is 14.8 Å². The normalized spacial score (nSPS) is 13.1. The molecular formula is C17H15BrN2O3. The first kappa shape index (κ1) is 15.6. The minimum Gasteiger partial charge on any atom is -0.454 e. The van der Waals surface area contributed by atoms with Crippen molar-refractivity contribution in [1.29, 1.82) is 0 Å². The lowest BCUT2D eigenvalue weighted by Gasteiger charge is -2.08. The predicted octanol–water partition coefficient (Wildman–Crippen LogP) is 4.14. The molecule has 5 nitrogen and oxygen atoms in total. The number of carbonyl (C=O) groups excluding carboxylic acids is 1. The van der Waals surface area contributed by atoms with E-state index in [-0.39, 0.29) is 12.7 Å². The van der Waals surface area contributed by atoms with E-state index in [2.05, 4.69) is 26.2 Å². The summed E-state index contributed by atoms with van der Waals surface area (Å²) < 4.78 is 11.6. The van der Waals surface area contributed by atoms with Gasteiger partial charge in [0, 0.05) is 27.4 Å². The highest BCUT2D eigenvalue weighted by Gasteiger charge is 2.17. The van der Waals surface area contributed by atoms with E-state index in [1.165, 1.54) is 0 Å². The molecule has 1 aliphatic rings. The summed E-state index contributed by atoms with van der Waals surface area (Å²) in [4.78, 5) is 16.1. The van der Waals surface area contributed by atoms with Gasteiger partial charge in [0.1, 0.15) is 5.82 Å². The minimum absolute atomic E-state index is 0.156. The third-order valence-electron chi connectivity index (χ3n) is 3.57. The number of nitrogens with zero attached hydrogens (tertiary/aromatic N) is 1. The van der Waals surface area contributed by atoms with Crippen LogP contribution in [0, 0.1) is 0 Å². The SMILES string of the molecule is C/C=C(/C)C(=O)Nc1ccc(-c2cc3c(cc2Br)OCO3)cn1. The number of hydrogen-bond acceptors (Lipinski definition) is 4. The Labute approximate surface area is 142 Å². The summed E-state index contributed by atoms with van der Waals surface area (Å²) in [7, 11) is 0. The van der Waals surface area contributed by atoms with Crippen LogP contribution in [0.2, 0.25) is 0 Å². The van der Waals surface area contributed by atoms with Gasteiger partial charge in [-0.3, -0.25) is 4.79 Å². The van der Waals surface area contributed by atoms with Gasteiger partial charge in [0.25, 0.3) is 5.91 Å². The minimum atomic E-state index is -0.156. The lowest BCUT2D eigenvalue weighted by atomic mass is 10.1. The third-order valence-corrected chi connectivity index (χ3v) is 4.23. The van der Waals surface area contributed by atoms with E-state index in [9.17, 15) is 4.79 Å². The van der Waals surface area contributed by atoms with E-state index >= 15 is 0 Å². The Balaban J connectivity index is 1.84. The molecule has 1 aliphatic heterocycles. The molecule has 0 saturated heterocycles. The average molecular weight is 375 g/mol. The first-order valence-electron chi connectivity index (χ1n) is 7.08. The molecule has 1 aromatic heterocycles. The number of anilines is 1. The summed E-state index contributed by atoms with van der Waals surface area (Å²) in [6.07, 6.45) is 3.47. The second-order valence-electron chi connectivity index (χ2n) is 5.04. The summed E-state index contributed by atoms with van der Waals surface area (Å²) in [6.45, 7) is 3.81. The number of nitrogens with one attached hydrogen (secondary N) is 1. The van der Waals surface area contributed by atoms with Crippen LogP contribution in [0.15, 0.2) is 46.6 Å². The number of pyridine rings is 1. The van der Waals surface area contributed by atoms with Gasteiger partial charge in [-0.1, -0.05) is 22.0 Å². The van der Waals surface area contributed by atoms with Gasteiger partial charge in [0.2, 0.25) is 6.79 Å². The largest absolute Gasteiger partial charge is 0.454 e. The lowest BCUT2D eigenvalue weighted by molar-refractivity contribution is -0.112. The summed E-state index contributed by atoms with van der Waals surface area (Å²) in [5.74, 6) is 1.79. The Kier molecular flexibility index (Phi) is 4.34. The van der Waals surface area contributed by atoms with Crippen molar-refractivity contribution in [1.82, 2.24) is 4.98 Å². The molecule has 0 radical (unpaired) electrons. The molecule has 0 atom stereocenters. The van der Waals surface area contributed by atoms with Crippen LogP contribution in [-0.2, 0) is 4.79 Å². The van der Waals surface area contributed by atoms with Gasteiger partial charge >= 0.3 is 0 Å². The van der Waals surface area contributed by atoms with Crippen molar-refractivity contribution in [3.8, 4) is 22.6 Å². The summed E-state index contributed by atoms with van der Waals surface area (Å²) in [6, 6.07) is 7.46. The van der Waals surface area contributed by atoms with Crippen molar-refractivity contribution < 1.29 is 14.3 Å². The summed E-state index contributed by atoms with van der Waals surface area (Å²) in [5, 5.41) is 2.75. The van der Waals surface area contributed by atoms with Crippen LogP contribution in [0.1, 0.15) is 13.8 Å². The topological polar surface area (TPSA) is 60.5 Å². The molecule has 2 heterocycles. The zero-order chi connectivity index (χ0) is 16.4. The van der Waals surface area contributed by atoms with Gasteiger partial charge in [-0.2, -0.15) is 0 Å². The molecule has 0 bridgehead atoms. The number of aromatic nitrogens is 1. The molecule has 23 heavy (non-hydrogen) atoms. The van der Waals surface area contributed by atoms with E-state index in [1.54, 1.807) is 25.3 Å². The van der Waals surface area contributed by atoms with E-state index in [0.29, 0.717) is 17.1 Å². The Morgan fingerprint density at radius 1 is 1.30 bits per heavy atom. The van der Waals surface area contributed by atoms with Crippen molar-refractivity contribution in [3.05, 3.63) is 46.6 Å². The number of hydrogen-bond donors (Lipinski definition) is 1. The van der Waals surface area contributed by atoms with Crippen LogP contribution in [0.5, 0.6) is 11.5 Å². The van der Waals surface area contributed by atoms with Crippen LogP contribution >= 0.6 is 15.9 Å². The third kappa shape index (κ3) is 3.22. The Morgan fingerprint density at radius 3 is 2.70 bits per heavy atom. The van der Waals surface area contributed by atoms with E-state index in [1.807, 2.05) is 25.1 Å². The maximum atomic E-state index is 11.8. The molecule has 1 amide bonds. The molecule has 0 unspecified atom stereocenters. The highest BCUT2D eigenvalue weighted by Crippen LogP contribution is 2.40. The van der Waals surface area contributed by atoms with Crippen LogP contribution in [0.25, 0.3) is 11.1 Å². The van der Waals surface area contributed by atoms with Gasteiger partial charge in [0.15, 0.2) is 11.5 Å². The van der Waals surface area contributed by atoms with E-state index in [4.69, 9.17) is 9.47 Å². The Bertz CT molecular complexity index is 785. The maximum Gasteiger partial charge on any atom is 0.252 e. The first-order chi connectivity index (χ1) is 11.1. The van der Waals surface area contributed by atoms with Gasteiger partial charge in [-0.15, -0.1) is 0 Å². The second kappa shape index (κ2) is 6.42. The molecule has 0 saturated carbocycles. The second-order valence-corrected chi connectivity index (χ2v) is 5.90. The van der Waals surface area contributed by atoms with Crippen LogP contribution in [0.3, 0.4) is 0 Å². The smallest absolute Gasteiger partial charge is 0.252 e. The summed E-state index contributed by atoms with van der Waals surface area (Å²) >= 11 is 3.53. The number of rotatable bonds is 3. The van der Waals surface area contributed by atoms with Gasteiger partial charge in [-0.25, -0.2) is 4.98 Å². The Hall–Kier alpha value is -2.34. The quantitative estimate of drug-likeness (QED) is 0.819. The van der Waals surface area contributed by atoms with Crippen molar-refractivity contribution in [2.45, 2.75) is 13.8 Å². The molecule has 2 aromatic rings. The molecule has 118 valence electrons. The standard InChI is InChI=1S/C17H15BrN2O3/c1-3-10(2)17(21)20-16-5-4-11(8-19-16)12-6-14-15(7-13(12)18)23-9-22-14/h3-8H,9H2,1-2H3,(H,19,20,21)/b10-3-. The molecule has 1 N–H and O–H groups in total. The van der Waals surface area contributed by atoms with E-state index < -0.39 is 0 Å². The van der Waals surface area contributed by atoms with Crippen LogP contribution in [0.4, 0.5) is 5.82 Å². The van der Waals surface area contributed by atoms with Crippen molar-refractivity contribution in [3.63, 3.8) is 0 Å². The number of carbonyl (C=O) groups is 1. The lowest BCUT2D eigenvalue weighted by Crippen LogP contribution is -2.13. The maximum absolute atomic E-state index is 11.8. The molecule has 0 aliphatic carbocycles. The zero-order valence-corrected chi connectivity index (χ0v) is 14.3. The number of ether oxygens (including phenoxy) is 2. The van der Waals surface area contributed by atoms with Crippen LogP contribution in [-0.4, -0.2) is 17.7 Å². The zero-order valence-electron chi connectivity index (χ0n) is 12.7. The van der Waals surface area contributed by atoms with Crippen molar-refractivity contribution in [2.75, 3.05) is 12.1 Å². The first-order valence-corrected chi connectivity index (χ1v) is 7.87. The summed E-state index contributed by atoms with van der Waals surface area (Å²) in [5.41, 5.74) is 2.51. The number of halogens is 1. The number of allylic oxidation sites excluding steroid dienone is 1. The highest BCUT2D eigenvalue weighted by molar-refractivity contribution is 9.10. The van der Waals surface area contributed by atoms with Gasteiger partial charge in [0.05, 0.1) is 0 Å². The molecule has 0 fully saturated rings. The van der Waals surface area contributed by atoms with Gasteiger partial charge < -0.3 is 14.8 Å². The molecule has 6 heteroatoms. The number of benzene rings is 1. The Morgan fingerprint density at radius 2 is 2.04 bits per heavy atom. The fourth-order valence-corrected chi connectivity index (χ4v) is 2.66. The fourth-order valence-electron chi connectivity index (χ4n) is 2.11. The van der Waals surface area contributed by atoms with Crippen molar-refractivity contribution >= 4 is 27.7 Å². The molecular weight excluding hydrogens is 360 g/mol. The van der Waals surface area contributed by atoms with Crippen molar-refractivity contribution in [2.24, 2.45) is 0 Å². The predicted molar refractivity (Wildman–Crippen MR) is 91.6 cm³/mol. The van der Waals surface area contributed by atoms with Gasteiger partial charge in [-0.05, 0) is 38.1 Å². The average Bonchev–Trinajstić information content (AvgIpc) is 3.01. The van der Waals surface area contributed by atoms with E-state index in [0.717, 1.165) is 21.3 Å².